The van der Waals surface area contributed by atoms with Gasteiger partial charge in [-0.3, -0.25) is 0 Å². The Balaban J connectivity index is 0.882. The molecule has 3 aliphatic carbocycles. The van der Waals surface area contributed by atoms with Crippen LogP contribution in [-0.2, 0) is 0 Å². The molecule has 2 aromatic heterocycles. The molecule has 1 aliphatic heterocycles. The molecule has 0 saturated carbocycles. The maximum absolute atomic E-state index is 7.06. The minimum Gasteiger partial charge on any atom is -0.455 e. The highest BCUT2D eigenvalue weighted by Gasteiger charge is 2.40. The summed E-state index contributed by atoms with van der Waals surface area (Å²) in [6.07, 6.45) is 15.2. The zero-order valence-electron chi connectivity index (χ0n) is 36.4. The summed E-state index contributed by atoms with van der Waals surface area (Å²) in [5, 5.41) is 10.4. The summed E-state index contributed by atoms with van der Waals surface area (Å²) in [7, 11) is 0. The van der Waals surface area contributed by atoms with E-state index in [1.807, 2.05) is 23.1 Å². The molecule has 314 valence electrons. The Morgan fingerprint density at radius 2 is 1.15 bits per heavy atom. The molecular formula is C64H40OS2. The van der Waals surface area contributed by atoms with Gasteiger partial charge in [0.05, 0.1) is 0 Å². The highest BCUT2D eigenvalue weighted by atomic mass is 32.2. The molecule has 3 unspecified atom stereocenters. The summed E-state index contributed by atoms with van der Waals surface area (Å²) in [6, 6.07) is 65.5. The van der Waals surface area contributed by atoms with E-state index in [1.54, 1.807) is 0 Å². The number of hydrogen-bond acceptors (Lipinski definition) is 3. The van der Waals surface area contributed by atoms with E-state index in [0.29, 0.717) is 5.25 Å². The highest BCUT2D eigenvalue weighted by molar-refractivity contribution is 8.00. The predicted octanol–water partition coefficient (Wildman–Crippen LogP) is 18.1. The minimum absolute atomic E-state index is 0.215. The zero-order valence-corrected chi connectivity index (χ0v) is 38.0. The number of rotatable bonds is 4. The molecule has 9 aromatic carbocycles. The van der Waals surface area contributed by atoms with Crippen LogP contribution in [0.1, 0.15) is 34.6 Å². The quantitative estimate of drug-likeness (QED) is 0.163. The largest absolute Gasteiger partial charge is 0.455 e. The second-order valence-corrected chi connectivity index (χ2v) is 20.8. The molecule has 1 nitrogen and oxygen atoms in total. The highest BCUT2D eigenvalue weighted by Crippen LogP contribution is 2.56. The van der Waals surface area contributed by atoms with Crippen molar-refractivity contribution >= 4 is 97.9 Å². The fraction of sp³-hybridized carbons (Fsp3) is 0.0625. The van der Waals surface area contributed by atoms with Crippen LogP contribution in [0.5, 0.6) is 0 Å². The van der Waals surface area contributed by atoms with Crippen molar-refractivity contribution in [1.82, 2.24) is 0 Å². The molecule has 11 aromatic rings. The molecule has 0 amide bonds. The minimum atomic E-state index is 0.215. The van der Waals surface area contributed by atoms with Crippen LogP contribution >= 0.6 is 23.1 Å². The van der Waals surface area contributed by atoms with Gasteiger partial charge in [0.15, 0.2) is 0 Å². The summed E-state index contributed by atoms with van der Waals surface area (Å²) in [5.74, 6) is 0.470. The van der Waals surface area contributed by atoms with E-state index >= 15 is 0 Å². The number of para-hydroxylation sites is 1. The van der Waals surface area contributed by atoms with Crippen molar-refractivity contribution in [3.63, 3.8) is 0 Å². The van der Waals surface area contributed by atoms with E-state index in [2.05, 4.69) is 212 Å². The van der Waals surface area contributed by atoms with Crippen molar-refractivity contribution in [2.24, 2.45) is 5.92 Å². The first-order valence-corrected chi connectivity index (χ1v) is 25.1. The second-order valence-electron chi connectivity index (χ2n) is 18.5. The Bertz CT molecular complexity index is 4070. The Labute approximate surface area is 396 Å². The van der Waals surface area contributed by atoms with Gasteiger partial charge in [-0.15, -0.1) is 23.1 Å². The summed E-state index contributed by atoms with van der Waals surface area (Å²) in [6.45, 7) is 0. The van der Waals surface area contributed by atoms with Crippen molar-refractivity contribution in [2.75, 3.05) is 0 Å². The Morgan fingerprint density at radius 3 is 1.97 bits per heavy atom. The Morgan fingerprint density at radius 1 is 0.493 bits per heavy atom. The van der Waals surface area contributed by atoms with E-state index < -0.39 is 0 Å². The molecule has 3 heteroatoms. The second kappa shape index (κ2) is 14.5. The monoisotopic (exact) mass is 888 g/mol. The Hall–Kier alpha value is -7.43. The third-order valence-electron chi connectivity index (χ3n) is 15.0. The molecular weight excluding hydrogens is 849 g/mol. The molecule has 0 bridgehead atoms. The summed E-state index contributed by atoms with van der Waals surface area (Å²) >= 11 is 3.91. The molecule has 0 spiro atoms. The smallest absolute Gasteiger partial charge is 0.143 e. The summed E-state index contributed by atoms with van der Waals surface area (Å²) in [5.41, 5.74) is 17.7. The van der Waals surface area contributed by atoms with Gasteiger partial charge >= 0.3 is 0 Å². The lowest BCUT2D eigenvalue weighted by molar-refractivity contribution is 0.615. The van der Waals surface area contributed by atoms with Gasteiger partial charge in [0.1, 0.15) is 11.2 Å². The van der Waals surface area contributed by atoms with Gasteiger partial charge in [-0.1, -0.05) is 188 Å². The van der Waals surface area contributed by atoms with Crippen LogP contribution in [-0.4, -0.2) is 5.25 Å². The van der Waals surface area contributed by atoms with Crippen molar-refractivity contribution in [2.45, 2.75) is 22.5 Å². The van der Waals surface area contributed by atoms with E-state index in [9.17, 15) is 0 Å². The number of thioether (sulfide) groups is 1. The van der Waals surface area contributed by atoms with Crippen molar-refractivity contribution in [3.05, 3.63) is 246 Å². The molecule has 0 fully saturated rings. The molecule has 3 heterocycles. The molecule has 0 saturated heterocycles. The predicted molar refractivity (Wildman–Crippen MR) is 286 cm³/mol. The first kappa shape index (κ1) is 37.8. The van der Waals surface area contributed by atoms with Crippen molar-refractivity contribution in [1.29, 1.82) is 0 Å². The number of benzene rings is 9. The van der Waals surface area contributed by atoms with Gasteiger partial charge < -0.3 is 4.42 Å². The van der Waals surface area contributed by atoms with Crippen LogP contribution in [0, 0.1) is 5.92 Å². The topological polar surface area (TPSA) is 13.1 Å². The average molecular weight is 889 g/mol. The van der Waals surface area contributed by atoms with Gasteiger partial charge in [0, 0.05) is 58.5 Å². The van der Waals surface area contributed by atoms with Crippen LogP contribution in [0.15, 0.2) is 233 Å². The molecule has 3 atom stereocenters. The normalized spacial score (nSPS) is 18.5. The lowest BCUT2D eigenvalue weighted by Gasteiger charge is -2.39. The summed E-state index contributed by atoms with van der Waals surface area (Å²) < 4.78 is 9.70. The van der Waals surface area contributed by atoms with Gasteiger partial charge in [-0.05, 0) is 114 Å². The third-order valence-corrected chi connectivity index (χ3v) is 17.5. The van der Waals surface area contributed by atoms with Crippen molar-refractivity contribution in [3.8, 4) is 22.3 Å². The maximum Gasteiger partial charge on any atom is 0.143 e. The lowest BCUT2D eigenvalue weighted by atomic mass is 9.65. The fourth-order valence-electron chi connectivity index (χ4n) is 12.2. The van der Waals surface area contributed by atoms with Crippen LogP contribution in [0.3, 0.4) is 0 Å². The number of allylic oxidation sites excluding steroid dienone is 8. The Kier molecular flexibility index (Phi) is 8.19. The van der Waals surface area contributed by atoms with Crippen molar-refractivity contribution < 1.29 is 4.42 Å². The number of hydrogen-bond donors (Lipinski definition) is 0. The first-order chi connectivity index (χ1) is 33.2. The molecule has 0 N–H and O–H groups in total. The van der Waals surface area contributed by atoms with E-state index in [4.69, 9.17) is 4.42 Å². The average Bonchev–Trinajstić information content (AvgIpc) is 4.08. The molecule has 67 heavy (non-hydrogen) atoms. The number of fused-ring (bicyclic) bond motifs is 13. The van der Waals surface area contributed by atoms with Crippen LogP contribution < -0.4 is 0 Å². The summed E-state index contributed by atoms with van der Waals surface area (Å²) in [4.78, 5) is 1.41. The van der Waals surface area contributed by atoms with E-state index in [-0.39, 0.29) is 11.8 Å². The standard InChI is InChI=1S/C64H40OS2/c1-3-18-46-44(16-1)60(45-17-2-4-19-47(45)61(46)38-28-31-42-40-14-9-11-26-56(40)66-58(42)35-38)37-30-33-55-54(34-37)52-24-13-25-53(64(52)65-55)63-50-22-7-5-20-48(50)62(49-21-6-8-23-51(49)63)39-29-32-43-41-15-10-12-27-57(41)67-59(43)36-39/h1-35,48,59,62H,36H2. The molecule has 4 aliphatic rings. The van der Waals surface area contributed by atoms with Gasteiger partial charge in [0.25, 0.3) is 0 Å². The van der Waals surface area contributed by atoms with Gasteiger partial charge in [0.2, 0.25) is 0 Å². The lowest BCUT2D eigenvalue weighted by Crippen LogP contribution is -2.25. The molecule has 15 rings (SSSR count). The van der Waals surface area contributed by atoms with Gasteiger partial charge in [-0.2, -0.15) is 0 Å². The third kappa shape index (κ3) is 5.56. The molecule has 0 radical (unpaired) electrons. The van der Waals surface area contributed by atoms with E-state index in [1.165, 1.54) is 108 Å². The van der Waals surface area contributed by atoms with Crippen LogP contribution in [0.2, 0.25) is 0 Å². The number of furan rings is 1. The van der Waals surface area contributed by atoms with Crippen LogP contribution in [0.25, 0.3) is 97.1 Å². The number of thiophene rings is 1. The van der Waals surface area contributed by atoms with Crippen LogP contribution in [0.4, 0.5) is 0 Å². The maximum atomic E-state index is 7.06. The first-order valence-electron chi connectivity index (χ1n) is 23.4. The van der Waals surface area contributed by atoms with E-state index in [0.717, 1.165) is 33.9 Å². The zero-order chi connectivity index (χ0) is 43.7. The fourth-order valence-corrected chi connectivity index (χ4v) is 14.7. The van der Waals surface area contributed by atoms with Gasteiger partial charge in [-0.25, -0.2) is 0 Å². The SMILES string of the molecule is C1=CC2=C(c3cccc4c3oc3ccc(-c5c6ccccc6c(-c6ccc7c(c6)sc6ccccc67)c6ccccc56)cc34)c3ccccc3C(C3=CC=C4c5ccccc5SC4C3)C2C=C1.